The van der Waals surface area contributed by atoms with Crippen LogP contribution in [0.3, 0.4) is 0 Å². The van der Waals surface area contributed by atoms with Gasteiger partial charge in [0.05, 0.1) is 29.8 Å². The van der Waals surface area contributed by atoms with E-state index in [9.17, 15) is 19.7 Å². The summed E-state index contributed by atoms with van der Waals surface area (Å²) in [5, 5.41) is 11.7. The van der Waals surface area contributed by atoms with Crippen LogP contribution in [0.4, 0.5) is 5.69 Å². The molecule has 0 atom stereocenters. The Kier molecular flexibility index (Phi) is 4.89. The second-order valence-corrected chi connectivity index (χ2v) is 6.73. The number of pyridine rings is 1. The molecule has 2 aromatic carbocycles. The van der Waals surface area contributed by atoms with Gasteiger partial charge < -0.3 is 14.3 Å². The van der Waals surface area contributed by atoms with E-state index < -0.39 is 4.92 Å². The predicted molar refractivity (Wildman–Crippen MR) is 111 cm³/mol. The molecule has 4 rings (SSSR count). The number of aromatic amines is 1. The Morgan fingerprint density at radius 2 is 1.90 bits per heavy atom. The smallest absolute Gasteiger partial charge is 0.269 e. The summed E-state index contributed by atoms with van der Waals surface area (Å²) in [6.07, 6.45) is 1.72. The van der Waals surface area contributed by atoms with Crippen molar-refractivity contribution >= 4 is 22.4 Å². The number of benzene rings is 2. The van der Waals surface area contributed by atoms with Crippen molar-refractivity contribution in [2.45, 2.75) is 6.54 Å². The lowest BCUT2D eigenvalue weighted by Gasteiger charge is -2.10. The molecule has 0 aliphatic carbocycles. The Balaban J connectivity index is 1.65. The fraction of sp³-hybridized carbons (Fsp3) is 0.0909. The van der Waals surface area contributed by atoms with Crippen LogP contribution in [0.2, 0.25) is 0 Å². The lowest BCUT2D eigenvalue weighted by atomic mass is 10.1. The number of methoxy groups -OCH3 is 1. The number of fused-ring (bicyclic) bond motifs is 1. The molecule has 0 radical (unpaired) electrons. The van der Waals surface area contributed by atoms with Gasteiger partial charge in [0.1, 0.15) is 5.75 Å². The molecule has 0 fully saturated rings. The van der Waals surface area contributed by atoms with Crippen molar-refractivity contribution in [3.05, 3.63) is 104 Å². The average Bonchev–Trinajstić information content (AvgIpc) is 3.21. The Bertz CT molecular complexity index is 1320. The Morgan fingerprint density at radius 1 is 1.13 bits per heavy atom. The van der Waals surface area contributed by atoms with Crippen molar-refractivity contribution < 1.29 is 14.5 Å². The first kappa shape index (κ1) is 19.1. The van der Waals surface area contributed by atoms with Crippen molar-refractivity contribution in [1.82, 2.24) is 9.55 Å². The number of aromatic nitrogens is 2. The molecular weight excluding hydrogens is 386 g/mol. The molecule has 0 bridgehead atoms. The lowest BCUT2D eigenvalue weighted by Crippen LogP contribution is -2.18. The van der Waals surface area contributed by atoms with E-state index in [0.717, 1.165) is 5.39 Å². The molecule has 8 nitrogen and oxygen atoms in total. The van der Waals surface area contributed by atoms with E-state index in [2.05, 4.69) is 4.98 Å². The minimum Gasteiger partial charge on any atom is -0.497 e. The van der Waals surface area contributed by atoms with E-state index in [1.165, 1.54) is 24.3 Å². The number of ether oxygens (including phenoxy) is 1. The van der Waals surface area contributed by atoms with Crippen LogP contribution in [0.15, 0.2) is 71.7 Å². The zero-order valence-electron chi connectivity index (χ0n) is 16.0. The summed E-state index contributed by atoms with van der Waals surface area (Å²) in [7, 11) is 1.56. The van der Waals surface area contributed by atoms with Gasteiger partial charge in [-0.15, -0.1) is 0 Å². The van der Waals surface area contributed by atoms with Gasteiger partial charge in [0.25, 0.3) is 11.2 Å². The maximum absolute atomic E-state index is 12.9. The van der Waals surface area contributed by atoms with Crippen molar-refractivity contribution in [1.29, 1.82) is 0 Å². The molecule has 0 unspecified atom stereocenters. The van der Waals surface area contributed by atoms with Crippen LogP contribution in [-0.2, 0) is 6.54 Å². The highest BCUT2D eigenvalue weighted by atomic mass is 16.6. The van der Waals surface area contributed by atoms with E-state index >= 15 is 0 Å². The zero-order chi connectivity index (χ0) is 21.3. The number of nitro benzene ring substituents is 1. The van der Waals surface area contributed by atoms with Gasteiger partial charge in [-0.05, 0) is 47.9 Å². The summed E-state index contributed by atoms with van der Waals surface area (Å²) >= 11 is 0. The molecule has 0 aliphatic rings. The second-order valence-electron chi connectivity index (χ2n) is 6.73. The van der Waals surface area contributed by atoms with Crippen molar-refractivity contribution in [2.75, 3.05) is 7.11 Å². The number of hydrogen-bond donors (Lipinski definition) is 1. The minimum atomic E-state index is -0.515. The molecule has 0 spiro atoms. The maximum Gasteiger partial charge on any atom is 0.269 e. The van der Waals surface area contributed by atoms with E-state index in [0.29, 0.717) is 28.1 Å². The Labute approximate surface area is 170 Å². The number of non-ortho nitro benzene ring substituents is 1. The van der Waals surface area contributed by atoms with E-state index in [1.54, 1.807) is 42.1 Å². The Hall–Kier alpha value is -4.20. The quantitative estimate of drug-likeness (QED) is 0.301. The summed E-state index contributed by atoms with van der Waals surface area (Å²) in [6, 6.07) is 16.0. The lowest BCUT2D eigenvalue weighted by molar-refractivity contribution is -0.384. The molecule has 4 aromatic rings. The molecular formula is C22H17N3O5. The molecule has 150 valence electrons. The molecule has 0 aliphatic heterocycles. The maximum atomic E-state index is 12.9. The summed E-state index contributed by atoms with van der Waals surface area (Å²) < 4.78 is 6.87. The summed E-state index contributed by atoms with van der Waals surface area (Å²) in [6.45, 7) is 0.207. The van der Waals surface area contributed by atoms with Crippen LogP contribution in [0.25, 0.3) is 10.9 Å². The number of nitrogens with zero attached hydrogens (tertiary/aromatic N) is 2. The monoisotopic (exact) mass is 403 g/mol. The number of rotatable bonds is 6. The van der Waals surface area contributed by atoms with E-state index in [-0.39, 0.29) is 23.6 Å². The van der Waals surface area contributed by atoms with Crippen LogP contribution in [0, 0.1) is 10.1 Å². The number of nitrogens with one attached hydrogen (secondary N) is 1. The molecule has 0 saturated heterocycles. The number of carbonyl (C=O) groups is 1. The SMILES string of the molecule is COc1ccc2cc(Cn3cccc3C(=O)c3ccc([N+](=O)[O-])cc3)c(=O)[nH]c2c1. The number of hydrogen-bond acceptors (Lipinski definition) is 5. The molecule has 2 aromatic heterocycles. The van der Waals surface area contributed by atoms with Crippen LogP contribution < -0.4 is 10.3 Å². The second kappa shape index (κ2) is 7.67. The number of nitro groups is 1. The molecule has 1 N–H and O–H groups in total. The van der Waals surface area contributed by atoms with Gasteiger partial charge >= 0.3 is 0 Å². The van der Waals surface area contributed by atoms with Gasteiger partial charge in [-0.3, -0.25) is 19.7 Å². The van der Waals surface area contributed by atoms with Crippen LogP contribution >= 0.6 is 0 Å². The van der Waals surface area contributed by atoms with Gasteiger partial charge in [0.2, 0.25) is 5.78 Å². The van der Waals surface area contributed by atoms with Crippen LogP contribution in [0.1, 0.15) is 21.6 Å². The molecule has 2 heterocycles. The summed E-state index contributed by atoms with van der Waals surface area (Å²) in [4.78, 5) is 38.6. The molecule has 0 saturated carbocycles. The highest BCUT2D eigenvalue weighted by Crippen LogP contribution is 2.20. The third kappa shape index (κ3) is 3.58. The number of carbonyl (C=O) groups excluding carboxylic acids is 1. The number of ketones is 1. The third-order valence-electron chi connectivity index (χ3n) is 4.87. The fourth-order valence-electron chi connectivity index (χ4n) is 3.29. The summed E-state index contributed by atoms with van der Waals surface area (Å²) in [5.74, 6) is 0.365. The topological polar surface area (TPSA) is 107 Å². The summed E-state index contributed by atoms with van der Waals surface area (Å²) in [5.41, 5.74) is 1.55. The fourth-order valence-corrected chi connectivity index (χ4v) is 3.29. The van der Waals surface area contributed by atoms with Crippen molar-refractivity contribution in [3.8, 4) is 5.75 Å². The number of H-pyrrole nitrogens is 1. The van der Waals surface area contributed by atoms with Gasteiger partial charge in [0.15, 0.2) is 0 Å². The van der Waals surface area contributed by atoms with Gasteiger partial charge in [-0.1, -0.05) is 0 Å². The Morgan fingerprint density at radius 3 is 2.60 bits per heavy atom. The van der Waals surface area contributed by atoms with Crippen molar-refractivity contribution in [3.63, 3.8) is 0 Å². The molecule has 0 amide bonds. The first-order chi connectivity index (χ1) is 14.5. The molecule has 30 heavy (non-hydrogen) atoms. The van der Waals surface area contributed by atoms with E-state index in [4.69, 9.17) is 4.74 Å². The molecule has 8 heteroatoms. The highest BCUT2D eigenvalue weighted by molar-refractivity contribution is 6.08. The highest BCUT2D eigenvalue weighted by Gasteiger charge is 2.16. The first-order valence-corrected chi connectivity index (χ1v) is 9.10. The zero-order valence-corrected chi connectivity index (χ0v) is 16.0. The van der Waals surface area contributed by atoms with Gasteiger partial charge in [0, 0.05) is 35.5 Å². The van der Waals surface area contributed by atoms with Gasteiger partial charge in [-0.25, -0.2) is 0 Å². The standard InChI is InChI=1S/C22H17N3O5/c1-30-18-9-6-15-11-16(22(27)23-19(15)12-18)13-24-10-2-3-20(24)21(26)14-4-7-17(8-5-14)25(28)29/h2-12H,13H2,1H3,(H,23,27). The van der Waals surface area contributed by atoms with Crippen molar-refractivity contribution in [2.24, 2.45) is 0 Å². The van der Waals surface area contributed by atoms with Crippen LogP contribution in [0.5, 0.6) is 5.75 Å². The first-order valence-electron chi connectivity index (χ1n) is 9.10. The minimum absolute atomic E-state index is 0.0822. The largest absolute Gasteiger partial charge is 0.497 e. The van der Waals surface area contributed by atoms with Gasteiger partial charge in [-0.2, -0.15) is 0 Å². The average molecular weight is 403 g/mol. The van der Waals surface area contributed by atoms with Crippen LogP contribution in [-0.4, -0.2) is 27.4 Å². The predicted octanol–water partition coefficient (Wildman–Crippen LogP) is 3.53. The van der Waals surface area contributed by atoms with E-state index in [1.807, 2.05) is 12.1 Å². The normalized spacial score (nSPS) is 10.8. The third-order valence-corrected chi connectivity index (χ3v) is 4.87.